The Morgan fingerprint density at radius 2 is 1.71 bits per heavy atom. The third kappa shape index (κ3) is 3.69. The molecule has 0 atom stereocenters. The number of rotatable bonds is 5. The molecular formula is C22H22ClNO3S. The molecule has 2 amide bonds. The third-order valence-electron chi connectivity index (χ3n) is 4.57. The lowest BCUT2D eigenvalue weighted by Crippen LogP contribution is -2.31. The molecule has 1 heterocycles. The van der Waals surface area contributed by atoms with Gasteiger partial charge in [-0.15, -0.1) is 11.8 Å². The maximum Gasteiger partial charge on any atom is 0.272 e. The van der Waals surface area contributed by atoms with Crippen LogP contribution in [-0.2, 0) is 9.59 Å². The van der Waals surface area contributed by atoms with Crippen molar-refractivity contribution in [1.82, 2.24) is 0 Å². The first-order valence-corrected chi connectivity index (χ1v) is 10.2. The third-order valence-corrected chi connectivity index (χ3v) is 5.89. The van der Waals surface area contributed by atoms with Crippen molar-refractivity contribution in [3.05, 3.63) is 63.0 Å². The average Bonchev–Trinajstić information content (AvgIpc) is 2.87. The zero-order chi connectivity index (χ0) is 20.6. The van der Waals surface area contributed by atoms with Crippen LogP contribution in [0.2, 0.25) is 5.02 Å². The van der Waals surface area contributed by atoms with Gasteiger partial charge in [0.05, 0.1) is 23.3 Å². The van der Waals surface area contributed by atoms with Crippen molar-refractivity contribution in [2.45, 2.75) is 32.9 Å². The molecule has 0 unspecified atom stereocenters. The number of methoxy groups -OCH3 is 1. The van der Waals surface area contributed by atoms with Crippen LogP contribution in [0.15, 0.2) is 41.3 Å². The summed E-state index contributed by atoms with van der Waals surface area (Å²) in [6.07, 6.45) is 0. The van der Waals surface area contributed by atoms with Crippen molar-refractivity contribution in [2.24, 2.45) is 0 Å². The van der Waals surface area contributed by atoms with Crippen molar-refractivity contribution >= 4 is 46.4 Å². The Morgan fingerprint density at radius 3 is 2.32 bits per heavy atom. The van der Waals surface area contributed by atoms with E-state index in [2.05, 4.69) is 0 Å². The Labute approximate surface area is 174 Å². The van der Waals surface area contributed by atoms with Gasteiger partial charge in [-0.2, -0.15) is 0 Å². The second-order valence-electron chi connectivity index (χ2n) is 6.93. The second-order valence-corrected chi connectivity index (χ2v) is 8.95. The van der Waals surface area contributed by atoms with E-state index < -0.39 is 0 Å². The highest BCUT2D eigenvalue weighted by Crippen LogP contribution is 2.43. The van der Waals surface area contributed by atoms with Gasteiger partial charge < -0.3 is 4.74 Å². The quantitative estimate of drug-likeness (QED) is 0.614. The van der Waals surface area contributed by atoms with E-state index in [4.69, 9.17) is 16.3 Å². The normalized spacial score (nSPS) is 14.5. The number of carbonyl (C=O) groups is 2. The van der Waals surface area contributed by atoms with Gasteiger partial charge in [-0.1, -0.05) is 43.6 Å². The van der Waals surface area contributed by atoms with Crippen molar-refractivity contribution in [3.8, 4) is 5.75 Å². The fourth-order valence-corrected chi connectivity index (χ4v) is 4.22. The maximum absolute atomic E-state index is 13.4. The van der Waals surface area contributed by atoms with E-state index in [0.29, 0.717) is 26.9 Å². The summed E-state index contributed by atoms with van der Waals surface area (Å²) in [6.45, 7) is 8.00. The summed E-state index contributed by atoms with van der Waals surface area (Å²) < 4.78 is 5.37. The van der Waals surface area contributed by atoms with E-state index in [1.807, 2.05) is 45.9 Å². The topological polar surface area (TPSA) is 46.6 Å². The fourth-order valence-electron chi connectivity index (χ4n) is 3.06. The minimum absolute atomic E-state index is 0.148. The Bertz CT molecular complexity index is 997. The molecule has 2 aromatic carbocycles. The molecule has 0 radical (unpaired) electrons. The number of anilines is 1. The average molecular weight is 416 g/mol. The molecule has 0 aliphatic carbocycles. The van der Waals surface area contributed by atoms with Gasteiger partial charge in [-0.05, 0) is 48.7 Å². The molecule has 0 fully saturated rings. The van der Waals surface area contributed by atoms with E-state index >= 15 is 0 Å². The number of amides is 2. The first-order valence-electron chi connectivity index (χ1n) is 8.95. The summed E-state index contributed by atoms with van der Waals surface area (Å²) in [5.74, 6) is -0.296. The van der Waals surface area contributed by atoms with Crippen LogP contribution in [0.3, 0.4) is 0 Å². The lowest BCUT2D eigenvalue weighted by atomic mass is 10.0. The highest BCUT2D eigenvalue weighted by Gasteiger charge is 2.41. The molecule has 2 aromatic rings. The number of halogens is 1. The Kier molecular flexibility index (Phi) is 5.87. The highest BCUT2D eigenvalue weighted by molar-refractivity contribution is 8.04. The molecule has 1 aliphatic rings. The van der Waals surface area contributed by atoms with Crippen LogP contribution >= 0.6 is 23.4 Å². The van der Waals surface area contributed by atoms with Crippen molar-refractivity contribution in [2.75, 3.05) is 12.0 Å². The van der Waals surface area contributed by atoms with Gasteiger partial charge in [0.1, 0.15) is 5.75 Å². The molecule has 4 nitrogen and oxygen atoms in total. The lowest BCUT2D eigenvalue weighted by molar-refractivity contribution is -0.119. The van der Waals surface area contributed by atoms with Gasteiger partial charge in [0.25, 0.3) is 11.8 Å². The monoisotopic (exact) mass is 415 g/mol. The molecule has 0 N–H and O–H groups in total. The summed E-state index contributed by atoms with van der Waals surface area (Å²) >= 11 is 7.53. The highest BCUT2D eigenvalue weighted by atomic mass is 35.5. The van der Waals surface area contributed by atoms with Gasteiger partial charge in [-0.3, -0.25) is 9.59 Å². The minimum atomic E-state index is -0.364. The van der Waals surface area contributed by atoms with E-state index in [9.17, 15) is 9.59 Å². The van der Waals surface area contributed by atoms with E-state index in [0.717, 1.165) is 16.7 Å². The van der Waals surface area contributed by atoms with Gasteiger partial charge in [-0.25, -0.2) is 4.90 Å². The number of benzene rings is 2. The largest absolute Gasteiger partial charge is 0.495 e. The standard InChI is InChI=1S/C22H22ClNO3S/c1-12(2)28-20-19(15-7-6-13(3)14(4)10-15)21(25)24(22(20)26)17-11-16(23)8-9-18(17)27-5/h6-12H,1-5H3. The number of ether oxygens (including phenoxy) is 1. The predicted molar refractivity (Wildman–Crippen MR) is 116 cm³/mol. The molecule has 0 bridgehead atoms. The first kappa shape index (κ1) is 20.5. The smallest absolute Gasteiger partial charge is 0.272 e. The first-order chi connectivity index (χ1) is 13.2. The predicted octanol–water partition coefficient (Wildman–Crippen LogP) is 5.39. The van der Waals surface area contributed by atoms with Crippen molar-refractivity contribution in [1.29, 1.82) is 0 Å². The summed E-state index contributed by atoms with van der Waals surface area (Å²) in [5.41, 5.74) is 3.72. The van der Waals surface area contributed by atoms with Crippen LogP contribution < -0.4 is 9.64 Å². The molecule has 3 rings (SSSR count). The second kappa shape index (κ2) is 8.02. The molecule has 28 heavy (non-hydrogen) atoms. The Morgan fingerprint density at radius 1 is 1.00 bits per heavy atom. The summed E-state index contributed by atoms with van der Waals surface area (Å²) in [4.78, 5) is 28.3. The number of imide groups is 1. The number of carbonyl (C=O) groups excluding carboxylic acids is 2. The molecule has 0 saturated carbocycles. The maximum atomic E-state index is 13.4. The number of nitrogens with zero attached hydrogens (tertiary/aromatic N) is 1. The zero-order valence-electron chi connectivity index (χ0n) is 16.5. The van der Waals surface area contributed by atoms with Gasteiger partial charge in [0.15, 0.2) is 0 Å². The Hall–Kier alpha value is -2.24. The van der Waals surface area contributed by atoms with Crippen LogP contribution in [0.4, 0.5) is 5.69 Å². The van der Waals surface area contributed by atoms with Crippen LogP contribution in [-0.4, -0.2) is 24.2 Å². The van der Waals surface area contributed by atoms with Gasteiger partial charge >= 0.3 is 0 Å². The van der Waals surface area contributed by atoms with Gasteiger partial charge in [0.2, 0.25) is 0 Å². The molecule has 146 valence electrons. The van der Waals surface area contributed by atoms with Gasteiger partial charge in [0, 0.05) is 10.3 Å². The SMILES string of the molecule is COc1ccc(Cl)cc1N1C(=O)C(SC(C)C)=C(c2ccc(C)c(C)c2)C1=O. The number of thioether (sulfide) groups is 1. The molecule has 1 aliphatic heterocycles. The van der Waals surface area contributed by atoms with E-state index in [1.54, 1.807) is 18.2 Å². The number of aryl methyl sites for hydroxylation is 2. The van der Waals surface area contributed by atoms with Crippen LogP contribution in [0, 0.1) is 13.8 Å². The zero-order valence-corrected chi connectivity index (χ0v) is 18.1. The van der Waals surface area contributed by atoms with Crippen LogP contribution in [0.1, 0.15) is 30.5 Å². The van der Waals surface area contributed by atoms with E-state index in [1.165, 1.54) is 23.8 Å². The van der Waals surface area contributed by atoms with Crippen LogP contribution in [0.5, 0.6) is 5.75 Å². The molecule has 0 spiro atoms. The summed E-state index contributed by atoms with van der Waals surface area (Å²) in [6, 6.07) is 10.7. The summed E-state index contributed by atoms with van der Waals surface area (Å²) in [7, 11) is 1.50. The van der Waals surface area contributed by atoms with Crippen LogP contribution in [0.25, 0.3) is 5.57 Å². The number of hydrogen-bond donors (Lipinski definition) is 0. The van der Waals surface area contributed by atoms with Crippen molar-refractivity contribution < 1.29 is 14.3 Å². The molecule has 6 heteroatoms. The fraction of sp³-hybridized carbons (Fsp3) is 0.273. The van der Waals surface area contributed by atoms with E-state index in [-0.39, 0.29) is 17.1 Å². The number of hydrogen-bond acceptors (Lipinski definition) is 4. The molecule has 0 aromatic heterocycles. The molecular weight excluding hydrogens is 394 g/mol. The summed E-state index contributed by atoms with van der Waals surface area (Å²) in [5, 5.41) is 0.573. The van der Waals surface area contributed by atoms with Crippen molar-refractivity contribution in [3.63, 3.8) is 0 Å². The Balaban J connectivity index is 2.17. The minimum Gasteiger partial charge on any atom is -0.495 e. The lowest BCUT2D eigenvalue weighted by Gasteiger charge is -2.18. The molecule has 0 saturated heterocycles.